The summed E-state index contributed by atoms with van der Waals surface area (Å²) < 4.78 is 38.7. The molecule has 0 spiro atoms. The maximum absolute atomic E-state index is 12.9. The monoisotopic (exact) mass is 397 g/mol. The molecule has 0 saturated heterocycles. The van der Waals surface area contributed by atoms with Crippen LogP contribution < -0.4 is 5.32 Å². The van der Waals surface area contributed by atoms with Crippen LogP contribution in [-0.2, 0) is 12.7 Å². The number of benzene rings is 2. The molecule has 1 N–H and O–H groups in total. The molecule has 3 nitrogen and oxygen atoms in total. The highest BCUT2D eigenvalue weighted by atomic mass is 35.5. The summed E-state index contributed by atoms with van der Waals surface area (Å²) in [6, 6.07) is 13.5. The van der Waals surface area contributed by atoms with E-state index < -0.39 is 11.7 Å². The van der Waals surface area contributed by atoms with Gasteiger partial charge in [-0.15, -0.1) is 0 Å². The minimum absolute atomic E-state index is 0.113. The van der Waals surface area contributed by atoms with Gasteiger partial charge in [-0.1, -0.05) is 47.5 Å². The third kappa shape index (κ3) is 4.65. The second kappa shape index (κ2) is 7.51. The van der Waals surface area contributed by atoms with Crippen LogP contribution in [0.25, 0.3) is 11.4 Å². The highest BCUT2D eigenvalue weighted by molar-refractivity contribution is 6.30. The quantitative estimate of drug-likeness (QED) is 0.541. The Morgan fingerprint density at radius 2 is 1.65 bits per heavy atom. The van der Waals surface area contributed by atoms with E-state index in [1.54, 1.807) is 12.1 Å². The molecule has 0 unspecified atom stereocenters. The topological polar surface area (TPSA) is 37.8 Å². The van der Waals surface area contributed by atoms with Crippen molar-refractivity contribution in [3.63, 3.8) is 0 Å². The molecule has 0 amide bonds. The fourth-order valence-electron chi connectivity index (χ4n) is 2.27. The van der Waals surface area contributed by atoms with Crippen LogP contribution in [0, 0.1) is 0 Å². The van der Waals surface area contributed by atoms with E-state index in [1.807, 2.05) is 12.1 Å². The highest BCUT2D eigenvalue weighted by Gasteiger charge is 2.30. The summed E-state index contributed by atoms with van der Waals surface area (Å²) in [5.41, 5.74) is 0.427. The zero-order valence-corrected chi connectivity index (χ0v) is 14.7. The molecule has 0 atom stereocenters. The highest BCUT2D eigenvalue weighted by Crippen LogP contribution is 2.32. The summed E-state index contributed by atoms with van der Waals surface area (Å²) in [5, 5.41) is 3.84. The Bertz CT molecular complexity index is 912. The summed E-state index contributed by atoms with van der Waals surface area (Å²) >= 11 is 11.8. The van der Waals surface area contributed by atoms with Crippen LogP contribution in [0.15, 0.2) is 54.6 Å². The van der Waals surface area contributed by atoms with E-state index in [9.17, 15) is 13.2 Å². The van der Waals surface area contributed by atoms with E-state index in [4.69, 9.17) is 23.2 Å². The fourth-order valence-corrected chi connectivity index (χ4v) is 2.58. The van der Waals surface area contributed by atoms with Gasteiger partial charge in [0.25, 0.3) is 0 Å². The predicted octanol–water partition coefficient (Wildman–Crippen LogP) is 6.08. The van der Waals surface area contributed by atoms with E-state index in [0.717, 1.165) is 17.7 Å². The number of alkyl halides is 3. The van der Waals surface area contributed by atoms with Crippen molar-refractivity contribution >= 4 is 29.0 Å². The Balaban J connectivity index is 1.85. The predicted molar refractivity (Wildman–Crippen MR) is 96.3 cm³/mol. The van der Waals surface area contributed by atoms with Crippen LogP contribution in [0.4, 0.5) is 19.0 Å². The molecule has 134 valence electrons. The third-order valence-corrected chi connectivity index (χ3v) is 3.98. The molecule has 3 rings (SSSR count). The molecule has 26 heavy (non-hydrogen) atoms. The molecule has 0 bridgehead atoms. The van der Waals surface area contributed by atoms with Gasteiger partial charge in [0.1, 0.15) is 11.0 Å². The van der Waals surface area contributed by atoms with Crippen molar-refractivity contribution in [2.45, 2.75) is 12.7 Å². The van der Waals surface area contributed by atoms with Crippen molar-refractivity contribution in [1.82, 2.24) is 9.97 Å². The Kier molecular flexibility index (Phi) is 5.34. The summed E-state index contributed by atoms with van der Waals surface area (Å²) in [7, 11) is 0. The standard InChI is InChI=1S/C18H12Cl2F3N3/c19-14-6-4-11(5-7-14)10-24-16-9-15(20)25-17(26-16)12-2-1-3-13(8-12)18(21,22)23/h1-9H,10H2,(H,24,25,26). The number of nitrogens with one attached hydrogen (secondary N) is 1. The van der Waals surface area contributed by atoms with Crippen LogP contribution in [0.5, 0.6) is 0 Å². The lowest BCUT2D eigenvalue weighted by Crippen LogP contribution is -2.06. The van der Waals surface area contributed by atoms with E-state index in [0.29, 0.717) is 17.4 Å². The van der Waals surface area contributed by atoms with Gasteiger partial charge in [-0.3, -0.25) is 0 Å². The summed E-state index contributed by atoms with van der Waals surface area (Å²) in [6.07, 6.45) is -4.44. The normalized spacial score (nSPS) is 11.4. The van der Waals surface area contributed by atoms with Crippen molar-refractivity contribution < 1.29 is 13.2 Å². The second-order valence-corrected chi connectivity index (χ2v) is 6.28. The summed E-state index contributed by atoms with van der Waals surface area (Å²) in [4.78, 5) is 8.28. The van der Waals surface area contributed by atoms with Gasteiger partial charge in [0.15, 0.2) is 5.82 Å². The number of anilines is 1. The number of hydrogen-bond acceptors (Lipinski definition) is 3. The first-order valence-electron chi connectivity index (χ1n) is 7.52. The SMILES string of the molecule is FC(F)(F)c1cccc(-c2nc(Cl)cc(NCc3ccc(Cl)cc3)n2)c1. The maximum Gasteiger partial charge on any atom is 0.416 e. The van der Waals surface area contributed by atoms with E-state index >= 15 is 0 Å². The van der Waals surface area contributed by atoms with Gasteiger partial charge in [-0.25, -0.2) is 9.97 Å². The van der Waals surface area contributed by atoms with Crippen LogP contribution in [0.2, 0.25) is 10.2 Å². The molecule has 2 aromatic carbocycles. The molecule has 0 aliphatic rings. The Morgan fingerprint density at radius 3 is 2.35 bits per heavy atom. The number of nitrogens with zero attached hydrogens (tertiary/aromatic N) is 2. The van der Waals surface area contributed by atoms with E-state index in [-0.39, 0.29) is 16.5 Å². The molecule has 0 aliphatic heterocycles. The minimum Gasteiger partial charge on any atom is -0.366 e. The van der Waals surface area contributed by atoms with E-state index in [1.165, 1.54) is 18.2 Å². The average Bonchev–Trinajstić information content (AvgIpc) is 2.60. The van der Waals surface area contributed by atoms with Gasteiger partial charge < -0.3 is 5.32 Å². The van der Waals surface area contributed by atoms with Gasteiger partial charge in [-0.05, 0) is 29.8 Å². The summed E-state index contributed by atoms with van der Waals surface area (Å²) in [6.45, 7) is 0.451. The molecule has 8 heteroatoms. The first-order chi connectivity index (χ1) is 12.3. The molecular formula is C18H12Cl2F3N3. The molecular weight excluding hydrogens is 386 g/mol. The van der Waals surface area contributed by atoms with Crippen LogP contribution in [0.3, 0.4) is 0 Å². The second-order valence-electron chi connectivity index (χ2n) is 5.46. The lowest BCUT2D eigenvalue weighted by Gasteiger charge is -2.10. The fraction of sp³-hybridized carbons (Fsp3) is 0.111. The first-order valence-corrected chi connectivity index (χ1v) is 8.27. The van der Waals surface area contributed by atoms with Crippen LogP contribution >= 0.6 is 23.2 Å². The Morgan fingerprint density at radius 1 is 0.923 bits per heavy atom. The van der Waals surface area contributed by atoms with Crippen molar-refractivity contribution in [3.8, 4) is 11.4 Å². The largest absolute Gasteiger partial charge is 0.416 e. The number of hydrogen-bond donors (Lipinski definition) is 1. The van der Waals surface area contributed by atoms with Crippen LogP contribution in [-0.4, -0.2) is 9.97 Å². The van der Waals surface area contributed by atoms with Gasteiger partial charge in [0, 0.05) is 23.2 Å². The molecule has 0 saturated carbocycles. The number of halogens is 5. The minimum atomic E-state index is -4.44. The van der Waals surface area contributed by atoms with Crippen molar-refractivity contribution in [1.29, 1.82) is 0 Å². The zero-order chi connectivity index (χ0) is 18.7. The lowest BCUT2D eigenvalue weighted by molar-refractivity contribution is -0.137. The van der Waals surface area contributed by atoms with E-state index in [2.05, 4.69) is 15.3 Å². The van der Waals surface area contributed by atoms with Crippen molar-refractivity contribution in [3.05, 3.63) is 75.9 Å². The van der Waals surface area contributed by atoms with Gasteiger partial charge in [0.05, 0.1) is 5.56 Å². The maximum atomic E-state index is 12.9. The van der Waals surface area contributed by atoms with Crippen molar-refractivity contribution in [2.75, 3.05) is 5.32 Å². The number of rotatable bonds is 4. The Labute approximate surface area is 157 Å². The van der Waals surface area contributed by atoms with Gasteiger partial charge >= 0.3 is 6.18 Å². The molecule has 1 heterocycles. The van der Waals surface area contributed by atoms with Gasteiger partial charge in [0.2, 0.25) is 0 Å². The lowest BCUT2D eigenvalue weighted by atomic mass is 10.1. The molecule has 0 radical (unpaired) electrons. The van der Waals surface area contributed by atoms with Gasteiger partial charge in [-0.2, -0.15) is 13.2 Å². The molecule has 0 aliphatic carbocycles. The third-order valence-electron chi connectivity index (χ3n) is 3.53. The zero-order valence-electron chi connectivity index (χ0n) is 13.2. The first kappa shape index (κ1) is 18.5. The Hall–Kier alpha value is -2.31. The number of aromatic nitrogens is 2. The molecule has 3 aromatic rings. The van der Waals surface area contributed by atoms with Crippen molar-refractivity contribution in [2.24, 2.45) is 0 Å². The molecule has 0 fully saturated rings. The smallest absolute Gasteiger partial charge is 0.366 e. The molecule has 1 aromatic heterocycles. The summed E-state index contributed by atoms with van der Waals surface area (Å²) in [5.74, 6) is 0.523. The average molecular weight is 398 g/mol. The van der Waals surface area contributed by atoms with Crippen LogP contribution in [0.1, 0.15) is 11.1 Å².